The summed E-state index contributed by atoms with van der Waals surface area (Å²) in [5, 5.41) is 0. The molecule has 2 rings (SSSR count). The topological polar surface area (TPSA) is 56.0 Å². The van der Waals surface area contributed by atoms with Crippen molar-refractivity contribution in [3.63, 3.8) is 0 Å². The number of hydrogen-bond donors (Lipinski definition) is 2. The van der Waals surface area contributed by atoms with Crippen LogP contribution in [0.5, 0.6) is 0 Å². The Labute approximate surface area is 115 Å². The van der Waals surface area contributed by atoms with Gasteiger partial charge in [0, 0.05) is 6.20 Å². The van der Waals surface area contributed by atoms with E-state index in [0.29, 0.717) is 5.69 Å². The van der Waals surface area contributed by atoms with Crippen molar-refractivity contribution in [1.82, 2.24) is 4.98 Å². The minimum Gasteiger partial charge on any atom is -0.368 e. The fourth-order valence-corrected chi connectivity index (χ4v) is 3.22. The van der Waals surface area contributed by atoms with E-state index in [1.54, 1.807) is 18.3 Å². The lowest BCUT2D eigenvalue weighted by Gasteiger charge is -2.27. The molecular formula is C13H12N2OS2. The Bertz CT molecular complexity index is 492. The number of rotatable bonds is 4. The molecule has 0 aliphatic carbocycles. The second-order valence-electron chi connectivity index (χ2n) is 3.72. The Balaban J connectivity index is 2.65. The molecule has 0 aliphatic heterocycles. The van der Waals surface area contributed by atoms with Crippen LogP contribution in [0.4, 0.5) is 0 Å². The lowest BCUT2D eigenvalue weighted by molar-refractivity contribution is -0.119. The Morgan fingerprint density at radius 1 is 1.17 bits per heavy atom. The summed E-state index contributed by atoms with van der Waals surface area (Å²) in [7, 11) is 1.09. The highest BCUT2D eigenvalue weighted by atomic mass is 33.1. The first-order valence-electron chi connectivity index (χ1n) is 5.31. The fraction of sp³-hybridized carbons (Fsp3) is 0.0769. The Hall–Kier alpha value is -1.46. The molecule has 1 aromatic carbocycles. The van der Waals surface area contributed by atoms with Gasteiger partial charge < -0.3 is 5.73 Å². The minimum atomic E-state index is -1.06. The molecule has 92 valence electrons. The van der Waals surface area contributed by atoms with E-state index < -0.39 is 10.7 Å². The molecule has 3 nitrogen and oxygen atoms in total. The molecule has 2 N–H and O–H groups in total. The zero-order valence-corrected chi connectivity index (χ0v) is 11.2. The van der Waals surface area contributed by atoms with Gasteiger partial charge in [0.1, 0.15) is 0 Å². The van der Waals surface area contributed by atoms with Crippen molar-refractivity contribution in [2.24, 2.45) is 5.73 Å². The molecule has 1 aromatic heterocycles. The highest BCUT2D eigenvalue weighted by Crippen LogP contribution is 2.43. The number of thiol groups is 1. The van der Waals surface area contributed by atoms with Crippen molar-refractivity contribution < 1.29 is 4.79 Å². The maximum atomic E-state index is 12.0. The predicted molar refractivity (Wildman–Crippen MR) is 77.2 cm³/mol. The minimum absolute atomic E-state index is 0.479. The van der Waals surface area contributed by atoms with Crippen molar-refractivity contribution in [2.75, 3.05) is 0 Å². The normalized spacial score (nSPS) is 13.8. The highest BCUT2D eigenvalue weighted by Gasteiger charge is 2.41. The summed E-state index contributed by atoms with van der Waals surface area (Å²) in [6.07, 6.45) is 1.64. The molecule has 0 spiro atoms. The number of carbonyl (C=O) groups is 1. The second-order valence-corrected chi connectivity index (χ2v) is 5.06. The summed E-state index contributed by atoms with van der Waals surface area (Å²) in [5.74, 6) is -0.479. The van der Waals surface area contributed by atoms with Crippen LogP contribution < -0.4 is 5.73 Å². The molecular weight excluding hydrogens is 264 g/mol. The Kier molecular flexibility index (Phi) is 3.93. The van der Waals surface area contributed by atoms with Crippen LogP contribution in [0.15, 0.2) is 54.7 Å². The van der Waals surface area contributed by atoms with Crippen LogP contribution in [-0.2, 0) is 9.54 Å². The van der Waals surface area contributed by atoms with Crippen molar-refractivity contribution in [2.45, 2.75) is 4.75 Å². The molecule has 0 fully saturated rings. The number of nitrogens with two attached hydrogens (primary N) is 1. The zero-order chi connectivity index (χ0) is 13.0. The Morgan fingerprint density at radius 2 is 1.83 bits per heavy atom. The summed E-state index contributed by atoms with van der Waals surface area (Å²) in [6.45, 7) is 0. The van der Waals surface area contributed by atoms with Gasteiger partial charge in [-0.25, -0.2) is 0 Å². The number of amides is 1. The molecule has 0 radical (unpaired) electrons. The van der Waals surface area contributed by atoms with Gasteiger partial charge >= 0.3 is 0 Å². The number of pyridine rings is 1. The van der Waals surface area contributed by atoms with Crippen LogP contribution in [0.3, 0.4) is 0 Å². The van der Waals surface area contributed by atoms with E-state index in [-0.39, 0.29) is 0 Å². The van der Waals surface area contributed by atoms with Crippen molar-refractivity contribution in [3.8, 4) is 0 Å². The number of hydrogen-bond acceptors (Lipinski definition) is 4. The lowest BCUT2D eigenvalue weighted by Crippen LogP contribution is -2.39. The molecule has 1 heterocycles. The third kappa shape index (κ3) is 2.11. The molecule has 1 unspecified atom stereocenters. The number of primary amides is 1. The lowest BCUT2D eigenvalue weighted by atomic mass is 9.93. The standard InChI is InChI=1S/C13H12N2OS2/c14-12(16)13(18-17,10-6-2-1-3-7-10)11-8-4-5-9-15-11/h1-9,17H,(H2,14,16). The van der Waals surface area contributed by atoms with Crippen molar-refractivity contribution in [3.05, 3.63) is 66.0 Å². The number of carbonyl (C=O) groups excluding carboxylic acids is 1. The molecule has 1 atom stereocenters. The molecule has 0 bridgehead atoms. The molecule has 2 aromatic rings. The van der Waals surface area contributed by atoms with Gasteiger partial charge in [0.25, 0.3) is 0 Å². The van der Waals surface area contributed by atoms with Crippen LogP contribution in [-0.4, -0.2) is 10.9 Å². The second kappa shape index (κ2) is 5.46. The van der Waals surface area contributed by atoms with E-state index in [1.807, 2.05) is 36.4 Å². The van der Waals surface area contributed by atoms with Crippen molar-refractivity contribution >= 4 is 28.4 Å². The average Bonchev–Trinajstić information content (AvgIpc) is 2.42. The first kappa shape index (κ1) is 13.0. The third-order valence-electron chi connectivity index (χ3n) is 2.69. The van der Waals surface area contributed by atoms with E-state index in [4.69, 9.17) is 5.73 Å². The van der Waals surface area contributed by atoms with Crippen molar-refractivity contribution in [1.29, 1.82) is 0 Å². The first-order chi connectivity index (χ1) is 8.71. The molecule has 0 aliphatic rings. The smallest absolute Gasteiger partial charge is 0.245 e. The van der Waals surface area contributed by atoms with E-state index >= 15 is 0 Å². The first-order valence-corrected chi connectivity index (χ1v) is 7.18. The van der Waals surface area contributed by atoms with E-state index in [2.05, 4.69) is 16.6 Å². The summed E-state index contributed by atoms with van der Waals surface area (Å²) < 4.78 is -1.06. The summed E-state index contributed by atoms with van der Waals surface area (Å²) in [6, 6.07) is 14.7. The van der Waals surface area contributed by atoms with Crippen LogP contribution in [0, 0.1) is 0 Å². The van der Waals surface area contributed by atoms with Gasteiger partial charge in [-0.05, 0) is 17.7 Å². The molecule has 5 heteroatoms. The number of nitrogens with zero attached hydrogens (tertiary/aromatic N) is 1. The van der Waals surface area contributed by atoms with Crippen LogP contribution in [0.25, 0.3) is 0 Å². The quantitative estimate of drug-likeness (QED) is 0.666. The highest BCUT2D eigenvalue weighted by molar-refractivity contribution is 8.69. The van der Waals surface area contributed by atoms with E-state index in [9.17, 15) is 4.79 Å². The average molecular weight is 276 g/mol. The van der Waals surface area contributed by atoms with E-state index in [0.717, 1.165) is 16.4 Å². The largest absolute Gasteiger partial charge is 0.368 e. The van der Waals surface area contributed by atoms with Gasteiger partial charge in [-0.1, -0.05) is 47.2 Å². The summed E-state index contributed by atoms with van der Waals surface area (Å²) >= 11 is 4.24. The number of benzene rings is 1. The van der Waals surface area contributed by atoms with Crippen LogP contribution >= 0.6 is 22.5 Å². The monoisotopic (exact) mass is 276 g/mol. The molecule has 0 saturated carbocycles. The van der Waals surface area contributed by atoms with Gasteiger partial charge in [-0.2, -0.15) is 0 Å². The van der Waals surface area contributed by atoms with Gasteiger partial charge in [-0.3, -0.25) is 9.78 Å². The van der Waals surface area contributed by atoms with Crippen LogP contribution in [0.2, 0.25) is 0 Å². The predicted octanol–water partition coefficient (Wildman–Crippen LogP) is 2.39. The van der Waals surface area contributed by atoms with E-state index in [1.165, 1.54) is 0 Å². The molecule has 18 heavy (non-hydrogen) atoms. The number of aromatic nitrogens is 1. The molecule has 0 saturated heterocycles. The third-order valence-corrected chi connectivity index (χ3v) is 4.43. The van der Waals surface area contributed by atoms with Gasteiger partial charge in [0.2, 0.25) is 5.91 Å². The van der Waals surface area contributed by atoms with Crippen LogP contribution in [0.1, 0.15) is 11.3 Å². The summed E-state index contributed by atoms with van der Waals surface area (Å²) in [5.41, 5.74) is 6.96. The maximum Gasteiger partial charge on any atom is 0.245 e. The van der Waals surface area contributed by atoms with Gasteiger partial charge in [-0.15, -0.1) is 11.7 Å². The molecule has 1 amide bonds. The SMILES string of the molecule is NC(=O)C(SS)(c1ccccc1)c1ccccn1. The summed E-state index contributed by atoms with van der Waals surface area (Å²) in [4.78, 5) is 16.2. The van der Waals surface area contributed by atoms with Gasteiger partial charge in [0.15, 0.2) is 4.75 Å². The Morgan fingerprint density at radius 3 is 2.33 bits per heavy atom. The fourth-order valence-electron chi connectivity index (χ4n) is 1.80. The maximum absolute atomic E-state index is 12.0. The van der Waals surface area contributed by atoms with Gasteiger partial charge in [0.05, 0.1) is 5.69 Å². The zero-order valence-electron chi connectivity index (χ0n) is 9.48.